The van der Waals surface area contributed by atoms with E-state index < -0.39 is 5.97 Å². The number of anilines is 2. The Kier molecular flexibility index (Phi) is 10.1. The monoisotopic (exact) mass is 482 g/mol. The van der Waals surface area contributed by atoms with Crippen LogP contribution in [0.15, 0.2) is 109 Å². The molecular weight excluding hydrogens is 452 g/mol. The quantitative estimate of drug-likeness (QED) is 0.209. The summed E-state index contributed by atoms with van der Waals surface area (Å²) in [6, 6.07) is 33.9. The minimum absolute atomic E-state index is 0.311. The number of hydrogen-bond acceptors (Lipinski definition) is 5. The van der Waals surface area contributed by atoms with Crippen LogP contribution in [0.4, 0.5) is 11.4 Å². The van der Waals surface area contributed by atoms with E-state index in [4.69, 9.17) is 15.6 Å². The van der Waals surface area contributed by atoms with E-state index in [1.807, 2.05) is 54.6 Å². The number of nitrogen functional groups attached to an aromatic ring is 1. The molecule has 184 valence electrons. The lowest BCUT2D eigenvalue weighted by Crippen LogP contribution is -2.10. The van der Waals surface area contributed by atoms with Gasteiger partial charge in [-0.25, -0.2) is 9.59 Å². The fourth-order valence-corrected chi connectivity index (χ4v) is 3.48. The topological polar surface area (TPSA) is 102 Å². The fourth-order valence-electron chi connectivity index (χ4n) is 3.48. The lowest BCUT2D eigenvalue weighted by molar-refractivity contribution is 0.0510. The third kappa shape index (κ3) is 8.33. The van der Waals surface area contributed by atoms with Gasteiger partial charge >= 0.3 is 11.9 Å². The number of carboxylic acid groups (broad SMARTS) is 1. The molecule has 0 spiro atoms. The number of carbonyl (C=O) groups excluding carboxylic acids is 1. The molecule has 0 bridgehead atoms. The third-order valence-electron chi connectivity index (χ3n) is 5.38. The van der Waals surface area contributed by atoms with Crippen LogP contribution < -0.4 is 11.1 Å². The smallest absolute Gasteiger partial charge is 0.340 e. The number of aromatic carboxylic acids is 1. The molecule has 4 N–H and O–H groups in total. The van der Waals surface area contributed by atoms with Crippen molar-refractivity contribution < 1.29 is 19.4 Å². The summed E-state index contributed by atoms with van der Waals surface area (Å²) in [6.07, 6.45) is 1.58. The minimum atomic E-state index is -0.905. The summed E-state index contributed by atoms with van der Waals surface area (Å²) in [5.74, 6) is -1.28. The average molecular weight is 483 g/mol. The van der Waals surface area contributed by atoms with Crippen molar-refractivity contribution in [3.8, 4) is 0 Å². The molecule has 0 saturated carbocycles. The van der Waals surface area contributed by atoms with Gasteiger partial charge < -0.3 is 20.9 Å². The SMILES string of the molecule is Nc1ccccc1C(=O)OCCc1ccccc1.O=C(O)c1ccccc1NCCc1ccccc1. The summed E-state index contributed by atoms with van der Waals surface area (Å²) in [7, 11) is 0. The van der Waals surface area contributed by atoms with Gasteiger partial charge in [0.1, 0.15) is 0 Å². The van der Waals surface area contributed by atoms with E-state index in [1.54, 1.807) is 42.5 Å². The Morgan fingerprint density at radius 1 is 0.694 bits per heavy atom. The number of hydrogen-bond donors (Lipinski definition) is 3. The first-order chi connectivity index (χ1) is 17.5. The summed E-state index contributed by atoms with van der Waals surface area (Å²) in [5, 5.41) is 12.2. The van der Waals surface area contributed by atoms with Crippen LogP contribution in [0.5, 0.6) is 0 Å². The lowest BCUT2D eigenvalue weighted by atomic mass is 10.1. The van der Waals surface area contributed by atoms with E-state index >= 15 is 0 Å². The highest BCUT2D eigenvalue weighted by atomic mass is 16.5. The van der Waals surface area contributed by atoms with Gasteiger partial charge in [-0.15, -0.1) is 0 Å². The van der Waals surface area contributed by atoms with Crippen LogP contribution in [-0.2, 0) is 17.6 Å². The summed E-state index contributed by atoms with van der Waals surface area (Å²) in [5.41, 5.74) is 9.93. The van der Waals surface area contributed by atoms with Crippen LogP contribution in [0.2, 0.25) is 0 Å². The van der Waals surface area contributed by atoms with E-state index in [9.17, 15) is 9.59 Å². The largest absolute Gasteiger partial charge is 0.478 e. The van der Waals surface area contributed by atoms with Crippen molar-refractivity contribution in [1.29, 1.82) is 0 Å². The van der Waals surface area contributed by atoms with Gasteiger partial charge in [0.05, 0.1) is 17.7 Å². The zero-order valence-electron chi connectivity index (χ0n) is 20.0. The molecule has 4 aromatic carbocycles. The van der Waals surface area contributed by atoms with Crippen molar-refractivity contribution in [3.63, 3.8) is 0 Å². The Morgan fingerprint density at radius 3 is 1.83 bits per heavy atom. The Labute approximate surface area is 211 Å². The van der Waals surface area contributed by atoms with Gasteiger partial charge in [0, 0.05) is 24.3 Å². The number of carboxylic acids is 1. The van der Waals surface area contributed by atoms with Gasteiger partial charge in [-0.2, -0.15) is 0 Å². The lowest BCUT2D eigenvalue weighted by Gasteiger charge is -2.09. The highest BCUT2D eigenvalue weighted by Gasteiger charge is 2.10. The van der Waals surface area contributed by atoms with E-state index in [2.05, 4.69) is 17.4 Å². The maximum Gasteiger partial charge on any atom is 0.340 e. The second-order valence-corrected chi connectivity index (χ2v) is 7.97. The minimum Gasteiger partial charge on any atom is -0.478 e. The van der Waals surface area contributed by atoms with E-state index in [0.29, 0.717) is 42.1 Å². The summed E-state index contributed by atoms with van der Waals surface area (Å²) in [4.78, 5) is 22.8. The molecule has 4 aromatic rings. The van der Waals surface area contributed by atoms with Crippen molar-refractivity contribution >= 4 is 23.3 Å². The third-order valence-corrected chi connectivity index (χ3v) is 5.38. The van der Waals surface area contributed by atoms with Crippen molar-refractivity contribution in [2.75, 3.05) is 24.2 Å². The molecule has 0 saturated heterocycles. The first kappa shape index (κ1) is 26.0. The summed E-state index contributed by atoms with van der Waals surface area (Å²) in [6.45, 7) is 1.07. The first-order valence-electron chi connectivity index (χ1n) is 11.7. The standard InChI is InChI=1S/2C15H15NO2/c16-14-9-5-4-8-13(14)15(17)18-11-10-12-6-2-1-3-7-12;17-15(18)13-8-4-5-9-14(13)16-11-10-12-6-2-1-3-7-12/h1-9H,10-11,16H2;1-9,16H,10-11H2,(H,17,18). The molecule has 0 heterocycles. The number of nitrogens with two attached hydrogens (primary N) is 1. The van der Waals surface area contributed by atoms with Crippen molar-refractivity contribution in [1.82, 2.24) is 0 Å². The van der Waals surface area contributed by atoms with Gasteiger partial charge in [-0.1, -0.05) is 84.9 Å². The molecular formula is C30H30N2O4. The maximum atomic E-state index is 11.8. The number of nitrogens with one attached hydrogen (secondary N) is 1. The molecule has 0 radical (unpaired) electrons. The van der Waals surface area contributed by atoms with Gasteiger partial charge in [-0.05, 0) is 41.8 Å². The Morgan fingerprint density at radius 2 is 1.22 bits per heavy atom. The van der Waals surface area contributed by atoms with Gasteiger partial charge in [0.15, 0.2) is 0 Å². The molecule has 6 heteroatoms. The molecule has 0 amide bonds. The van der Waals surface area contributed by atoms with Crippen LogP contribution in [0, 0.1) is 0 Å². The number of carbonyl (C=O) groups is 2. The molecule has 0 aliphatic rings. The number of rotatable bonds is 9. The van der Waals surface area contributed by atoms with Crippen LogP contribution in [0.25, 0.3) is 0 Å². The molecule has 4 rings (SSSR count). The number of benzene rings is 4. The normalized spacial score (nSPS) is 10.0. The van der Waals surface area contributed by atoms with Crippen LogP contribution in [-0.4, -0.2) is 30.2 Å². The summed E-state index contributed by atoms with van der Waals surface area (Å²) >= 11 is 0. The second-order valence-electron chi connectivity index (χ2n) is 7.97. The Balaban J connectivity index is 0.000000201. The maximum absolute atomic E-state index is 11.8. The van der Waals surface area contributed by atoms with E-state index in [1.165, 1.54) is 5.56 Å². The van der Waals surface area contributed by atoms with Crippen LogP contribution in [0.3, 0.4) is 0 Å². The molecule has 0 aliphatic heterocycles. The highest BCUT2D eigenvalue weighted by molar-refractivity contribution is 5.95. The number of para-hydroxylation sites is 2. The van der Waals surface area contributed by atoms with Gasteiger partial charge in [0.25, 0.3) is 0 Å². The molecule has 36 heavy (non-hydrogen) atoms. The van der Waals surface area contributed by atoms with Crippen LogP contribution in [0.1, 0.15) is 31.8 Å². The molecule has 0 aromatic heterocycles. The van der Waals surface area contributed by atoms with Gasteiger partial charge in [-0.3, -0.25) is 0 Å². The molecule has 0 fully saturated rings. The number of esters is 1. The van der Waals surface area contributed by atoms with Crippen LogP contribution >= 0.6 is 0 Å². The van der Waals surface area contributed by atoms with E-state index in [0.717, 1.165) is 12.0 Å². The fraction of sp³-hybridized carbons (Fsp3) is 0.133. The second kappa shape index (κ2) is 14.0. The zero-order valence-corrected chi connectivity index (χ0v) is 20.0. The molecule has 0 unspecified atom stereocenters. The highest BCUT2D eigenvalue weighted by Crippen LogP contribution is 2.15. The molecule has 0 atom stereocenters. The van der Waals surface area contributed by atoms with Gasteiger partial charge in [0.2, 0.25) is 0 Å². The van der Waals surface area contributed by atoms with Crippen molar-refractivity contribution in [3.05, 3.63) is 131 Å². The Bertz CT molecular complexity index is 1240. The van der Waals surface area contributed by atoms with E-state index in [-0.39, 0.29) is 5.97 Å². The Hall–Kier alpha value is -4.58. The average Bonchev–Trinajstić information content (AvgIpc) is 2.91. The predicted octanol–water partition coefficient (Wildman–Crippen LogP) is 5.71. The number of ether oxygens (including phenoxy) is 1. The predicted molar refractivity (Wildman–Crippen MR) is 143 cm³/mol. The van der Waals surface area contributed by atoms with Crippen molar-refractivity contribution in [2.45, 2.75) is 12.8 Å². The summed E-state index contributed by atoms with van der Waals surface area (Å²) < 4.78 is 5.19. The molecule has 6 nitrogen and oxygen atoms in total. The molecule has 0 aliphatic carbocycles. The first-order valence-corrected chi connectivity index (χ1v) is 11.7. The van der Waals surface area contributed by atoms with Crippen molar-refractivity contribution in [2.24, 2.45) is 0 Å². The zero-order chi connectivity index (χ0) is 25.6.